The van der Waals surface area contributed by atoms with Gasteiger partial charge in [0.05, 0.1) is 5.02 Å². The zero-order valence-electron chi connectivity index (χ0n) is 11.7. The van der Waals surface area contributed by atoms with Gasteiger partial charge in [-0.15, -0.1) is 0 Å². The summed E-state index contributed by atoms with van der Waals surface area (Å²) in [5, 5.41) is 3.37. The molecule has 0 saturated carbocycles. The Labute approximate surface area is 134 Å². The minimum absolute atomic E-state index is 0.119. The first-order chi connectivity index (χ1) is 10.1. The van der Waals surface area contributed by atoms with Gasteiger partial charge in [-0.25, -0.2) is 9.78 Å². The third-order valence-corrected chi connectivity index (χ3v) is 4.85. The molecule has 2 amide bonds. The largest absolute Gasteiger partial charge is 0.323 e. The van der Waals surface area contributed by atoms with Gasteiger partial charge >= 0.3 is 6.03 Å². The number of anilines is 1. The molecular formula is C14H18Cl2N4O. The number of nitrogens with zero attached hydrogens (tertiary/aromatic N) is 3. The van der Waals surface area contributed by atoms with E-state index in [0.717, 1.165) is 26.2 Å². The van der Waals surface area contributed by atoms with Crippen molar-refractivity contribution in [3.05, 3.63) is 22.3 Å². The Balaban J connectivity index is 1.61. The van der Waals surface area contributed by atoms with Gasteiger partial charge in [0.2, 0.25) is 0 Å². The highest BCUT2D eigenvalue weighted by molar-refractivity contribution is 6.41. The Kier molecular flexibility index (Phi) is 4.52. The fraction of sp³-hybridized carbons (Fsp3) is 0.571. The lowest BCUT2D eigenvalue weighted by atomic mass is 10.00. The van der Waals surface area contributed by atoms with Crippen molar-refractivity contribution in [1.82, 2.24) is 14.8 Å². The third-order valence-electron chi connectivity index (χ3n) is 4.16. The molecule has 2 fully saturated rings. The number of halogens is 2. The van der Waals surface area contributed by atoms with Gasteiger partial charge < -0.3 is 4.90 Å². The van der Waals surface area contributed by atoms with Crippen molar-refractivity contribution in [3.63, 3.8) is 0 Å². The number of hydrogen-bond donors (Lipinski definition) is 1. The highest BCUT2D eigenvalue weighted by atomic mass is 35.5. The van der Waals surface area contributed by atoms with Crippen LogP contribution >= 0.6 is 23.2 Å². The summed E-state index contributed by atoms with van der Waals surface area (Å²) in [4.78, 5) is 20.7. The summed E-state index contributed by atoms with van der Waals surface area (Å²) in [6.07, 6.45) is 3.70. The van der Waals surface area contributed by atoms with Crippen molar-refractivity contribution in [1.29, 1.82) is 0 Å². The monoisotopic (exact) mass is 328 g/mol. The van der Waals surface area contributed by atoms with Crippen molar-refractivity contribution >= 4 is 35.1 Å². The molecule has 2 saturated heterocycles. The second-order valence-electron chi connectivity index (χ2n) is 5.53. The van der Waals surface area contributed by atoms with E-state index in [0.29, 0.717) is 16.9 Å². The normalized spacial score (nSPS) is 22.8. The minimum Gasteiger partial charge on any atom is -0.322 e. The van der Waals surface area contributed by atoms with Gasteiger partial charge in [-0.3, -0.25) is 10.2 Å². The second-order valence-corrected chi connectivity index (χ2v) is 6.30. The molecule has 2 aliphatic heterocycles. The van der Waals surface area contributed by atoms with E-state index >= 15 is 0 Å². The molecule has 1 aromatic rings. The molecule has 7 heteroatoms. The molecule has 0 spiro atoms. The van der Waals surface area contributed by atoms with E-state index in [1.54, 1.807) is 12.1 Å². The summed E-state index contributed by atoms with van der Waals surface area (Å²) < 4.78 is 0. The molecule has 0 radical (unpaired) electrons. The highest BCUT2D eigenvalue weighted by Crippen LogP contribution is 2.23. The molecule has 21 heavy (non-hydrogen) atoms. The number of pyridine rings is 1. The van der Waals surface area contributed by atoms with Crippen LogP contribution in [0.2, 0.25) is 10.2 Å². The summed E-state index contributed by atoms with van der Waals surface area (Å²) >= 11 is 11.7. The average Bonchev–Trinajstić information content (AvgIpc) is 2.50. The van der Waals surface area contributed by atoms with Crippen LogP contribution in [0.15, 0.2) is 12.1 Å². The molecule has 1 N–H and O–H groups in total. The number of urea groups is 1. The van der Waals surface area contributed by atoms with Gasteiger partial charge in [0, 0.05) is 25.7 Å². The summed E-state index contributed by atoms with van der Waals surface area (Å²) in [5.74, 6) is 0.431. The molecular weight excluding hydrogens is 311 g/mol. The SMILES string of the molecule is O=C(Nc1ccc(Cl)c(Cl)n1)N1CCN2CCCCC2C1. The standard InChI is InChI=1S/C14H18Cl2N4O/c15-11-4-5-12(17-13(11)16)18-14(21)20-8-7-19-6-2-1-3-10(19)9-20/h4-5,10H,1-3,6-9H2,(H,17,18,21). The summed E-state index contributed by atoms with van der Waals surface area (Å²) in [5.41, 5.74) is 0. The van der Waals surface area contributed by atoms with E-state index in [-0.39, 0.29) is 11.2 Å². The van der Waals surface area contributed by atoms with Crippen LogP contribution in [0, 0.1) is 0 Å². The van der Waals surface area contributed by atoms with E-state index in [2.05, 4.69) is 15.2 Å². The number of rotatable bonds is 1. The fourth-order valence-electron chi connectivity index (χ4n) is 3.02. The molecule has 1 atom stereocenters. The fourth-order valence-corrected chi connectivity index (χ4v) is 3.28. The van der Waals surface area contributed by atoms with Crippen molar-refractivity contribution in [3.8, 4) is 0 Å². The smallest absolute Gasteiger partial charge is 0.322 e. The van der Waals surface area contributed by atoms with Gasteiger partial charge in [-0.05, 0) is 31.5 Å². The van der Waals surface area contributed by atoms with Gasteiger partial charge in [-0.2, -0.15) is 0 Å². The minimum atomic E-state index is -0.119. The van der Waals surface area contributed by atoms with Crippen LogP contribution in [-0.2, 0) is 0 Å². The van der Waals surface area contributed by atoms with E-state index in [9.17, 15) is 4.79 Å². The number of fused-ring (bicyclic) bond motifs is 1. The number of amides is 2. The summed E-state index contributed by atoms with van der Waals surface area (Å²) in [7, 11) is 0. The van der Waals surface area contributed by atoms with Crippen LogP contribution in [-0.4, -0.2) is 53.0 Å². The number of piperidine rings is 1. The van der Waals surface area contributed by atoms with Crippen LogP contribution < -0.4 is 5.32 Å². The van der Waals surface area contributed by atoms with Gasteiger partial charge in [-0.1, -0.05) is 29.6 Å². The molecule has 0 aromatic carbocycles. The quantitative estimate of drug-likeness (QED) is 0.806. The molecule has 2 aliphatic rings. The van der Waals surface area contributed by atoms with Crippen molar-refractivity contribution in [2.45, 2.75) is 25.3 Å². The van der Waals surface area contributed by atoms with Crippen LogP contribution in [0.5, 0.6) is 0 Å². The number of nitrogens with one attached hydrogen (secondary N) is 1. The van der Waals surface area contributed by atoms with Crippen molar-refractivity contribution < 1.29 is 4.79 Å². The molecule has 0 aliphatic carbocycles. The zero-order valence-corrected chi connectivity index (χ0v) is 13.2. The molecule has 5 nitrogen and oxygen atoms in total. The Hall–Kier alpha value is -1.04. The topological polar surface area (TPSA) is 48.5 Å². The van der Waals surface area contributed by atoms with E-state index in [1.165, 1.54) is 19.3 Å². The van der Waals surface area contributed by atoms with E-state index in [4.69, 9.17) is 23.2 Å². The first-order valence-electron chi connectivity index (χ1n) is 7.25. The Morgan fingerprint density at radius 1 is 1.24 bits per heavy atom. The van der Waals surface area contributed by atoms with Crippen LogP contribution in [0.4, 0.5) is 10.6 Å². The Bertz CT molecular complexity index is 540. The lowest BCUT2D eigenvalue weighted by Gasteiger charge is -2.43. The van der Waals surface area contributed by atoms with Crippen molar-refractivity contribution in [2.75, 3.05) is 31.5 Å². The van der Waals surface area contributed by atoms with E-state index in [1.807, 2.05) is 4.90 Å². The maximum Gasteiger partial charge on any atom is 0.323 e. The predicted molar refractivity (Wildman–Crippen MR) is 84.1 cm³/mol. The third kappa shape index (κ3) is 3.42. The highest BCUT2D eigenvalue weighted by Gasteiger charge is 2.31. The maximum absolute atomic E-state index is 12.3. The number of hydrogen-bond acceptors (Lipinski definition) is 3. The molecule has 0 bridgehead atoms. The number of aromatic nitrogens is 1. The second kappa shape index (κ2) is 6.38. The van der Waals surface area contributed by atoms with Gasteiger partial charge in [0.15, 0.2) is 0 Å². The van der Waals surface area contributed by atoms with Gasteiger partial charge in [0.1, 0.15) is 11.0 Å². The maximum atomic E-state index is 12.3. The average molecular weight is 329 g/mol. The predicted octanol–water partition coefficient (Wildman–Crippen LogP) is 3.09. The molecule has 3 rings (SSSR count). The van der Waals surface area contributed by atoms with Crippen LogP contribution in [0.3, 0.4) is 0 Å². The Morgan fingerprint density at radius 3 is 2.90 bits per heavy atom. The molecule has 1 aromatic heterocycles. The number of carbonyl (C=O) groups is 1. The molecule has 1 unspecified atom stereocenters. The summed E-state index contributed by atoms with van der Waals surface area (Å²) in [6.45, 7) is 3.65. The Morgan fingerprint density at radius 2 is 2.10 bits per heavy atom. The first-order valence-corrected chi connectivity index (χ1v) is 8.01. The lowest BCUT2D eigenvalue weighted by Crippen LogP contribution is -2.56. The van der Waals surface area contributed by atoms with Gasteiger partial charge in [0.25, 0.3) is 0 Å². The number of carbonyl (C=O) groups excluding carboxylic acids is 1. The lowest BCUT2D eigenvalue weighted by molar-refractivity contribution is 0.0678. The number of piperazine rings is 1. The van der Waals surface area contributed by atoms with Crippen LogP contribution in [0.1, 0.15) is 19.3 Å². The summed E-state index contributed by atoms with van der Waals surface area (Å²) in [6, 6.07) is 3.67. The zero-order chi connectivity index (χ0) is 14.8. The first kappa shape index (κ1) is 14.9. The molecule has 3 heterocycles. The van der Waals surface area contributed by atoms with Crippen molar-refractivity contribution in [2.24, 2.45) is 0 Å². The van der Waals surface area contributed by atoms with Crippen LogP contribution in [0.25, 0.3) is 0 Å². The van der Waals surface area contributed by atoms with E-state index < -0.39 is 0 Å². The molecule has 114 valence electrons.